The zero-order chi connectivity index (χ0) is 15.1. The van der Waals surface area contributed by atoms with E-state index in [1.807, 2.05) is 40.9 Å². The third-order valence-corrected chi connectivity index (χ3v) is 3.98. The predicted molar refractivity (Wildman–Crippen MR) is 87.2 cm³/mol. The van der Waals surface area contributed by atoms with Crippen LogP contribution >= 0.6 is 0 Å². The van der Waals surface area contributed by atoms with Crippen LogP contribution in [0.15, 0.2) is 54.6 Å². The van der Waals surface area contributed by atoms with E-state index in [1.165, 1.54) is 10.9 Å². The molecule has 4 heteroatoms. The Morgan fingerprint density at radius 1 is 0.955 bits per heavy atom. The Balaban J connectivity index is 1.99. The van der Waals surface area contributed by atoms with Crippen LogP contribution in [-0.2, 0) is 0 Å². The number of ether oxygens (including phenoxy) is 1. The highest BCUT2D eigenvalue weighted by molar-refractivity contribution is 5.89. The first kappa shape index (κ1) is 12.8. The van der Waals surface area contributed by atoms with Gasteiger partial charge in [0.15, 0.2) is 0 Å². The molecule has 0 saturated carbocycles. The first-order valence-electron chi connectivity index (χ1n) is 7.16. The minimum absolute atomic E-state index is 0.835. The van der Waals surface area contributed by atoms with Gasteiger partial charge in [0.1, 0.15) is 11.4 Å². The van der Waals surface area contributed by atoms with Crippen molar-refractivity contribution in [2.24, 2.45) is 0 Å². The average Bonchev–Trinajstić information content (AvgIpc) is 2.99. The van der Waals surface area contributed by atoms with Gasteiger partial charge in [-0.05, 0) is 48.9 Å². The fraction of sp³-hybridized carbons (Fsp3) is 0.111. The maximum Gasteiger partial charge on any atom is 0.120 e. The Bertz CT molecular complexity index is 971. The lowest BCUT2D eigenvalue weighted by molar-refractivity contribution is 0.415. The lowest BCUT2D eigenvalue weighted by Gasteiger charge is -2.05. The summed E-state index contributed by atoms with van der Waals surface area (Å²) in [5.41, 5.74) is 5.23. The lowest BCUT2D eigenvalue weighted by atomic mass is 10.1. The Labute approximate surface area is 128 Å². The molecule has 2 heterocycles. The van der Waals surface area contributed by atoms with E-state index >= 15 is 0 Å². The van der Waals surface area contributed by atoms with Gasteiger partial charge in [-0.3, -0.25) is 0 Å². The molecule has 0 saturated heterocycles. The second-order valence-electron chi connectivity index (χ2n) is 5.31. The van der Waals surface area contributed by atoms with Gasteiger partial charge in [-0.1, -0.05) is 23.4 Å². The van der Waals surface area contributed by atoms with Crippen molar-refractivity contribution in [2.45, 2.75) is 6.92 Å². The van der Waals surface area contributed by atoms with Crippen LogP contribution in [0.4, 0.5) is 0 Å². The molecule has 0 amide bonds. The predicted octanol–water partition coefficient (Wildman–Crippen LogP) is 3.87. The fourth-order valence-electron chi connectivity index (χ4n) is 2.83. The largest absolute Gasteiger partial charge is 0.497 e. The highest BCUT2D eigenvalue weighted by Crippen LogP contribution is 2.28. The van der Waals surface area contributed by atoms with Gasteiger partial charge in [0.25, 0.3) is 0 Å². The first-order chi connectivity index (χ1) is 10.8. The van der Waals surface area contributed by atoms with Gasteiger partial charge in [-0.25, -0.2) is 4.52 Å². The van der Waals surface area contributed by atoms with E-state index in [9.17, 15) is 0 Å². The van der Waals surface area contributed by atoms with Crippen LogP contribution in [0, 0.1) is 6.92 Å². The third kappa shape index (κ3) is 1.84. The fourth-order valence-corrected chi connectivity index (χ4v) is 2.83. The molecular formula is C18H15N3O. The molecule has 0 N–H and O–H groups in total. The van der Waals surface area contributed by atoms with Crippen molar-refractivity contribution >= 4 is 16.4 Å². The number of hydrogen-bond donors (Lipinski definition) is 0. The Morgan fingerprint density at radius 2 is 1.73 bits per heavy atom. The zero-order valence-corrected chi connectivity index (χ0v) is 12.4. The first-order valence-corrected chi connectivity index (χ1v) is 7.16. The van der Waals surface area contributed by atoms with Crippen molar-refractivity contribution in [2.75, 3.05) is 7.11 Å². The molecule has 4 rings (SSSR count). The van der Waals surface area contributed by atoms with Gasteiger partial charge >= 0.3 is 0 Å². The second kappa shape index (κ2) is 4.84. The van der Waals surface area contributed by atoms with E-state index in [0.29, 0.717) is 0 Å². The van der Waals surface area contributed by atoms with E-state index in [1.54, 1.807) is 7.11 Å². The number of aryl methyl sites for hydroxylation is 1. The second-order valence-corrected chi connectivity index (χ2v) is 5.31. The number of pyridine rings is 1. The zero-order valence-electron chi connectivity index (χ0n) is 12.4. The van der Waals surface area contributed by atoms with Crippen LogP contribution in [0.3, 0.4) is 0 Å². The van der Waals surface area contributed by atoms with E-state index < -0.39 is 0 Å². The Kier molecular flexibility index (Phi) is 2.82. The molecule has 4 aromatic rings. The summed E-state index contributed by atoms with van der Waals surface area (Å²) in [6, 6.07) is 18.3. The average molecular weight is 289 g/mol. The summed E-state index contributed by atoms with van der Waals surface area (Å²) in [4.78, 5) is 0. The third-order valence-electron chi connectivity index (χ3n) is 3.98. The molecule has 108 valence electrons. The van der Waals surface area contributed by atoms with Crippen LogP contribution < -0.4 is 4.74 Å². The molecule has 0 spiro atoms. The van der Waals surface area contributed by atoms with E-state index in [4.69, 9.17) is 4.74 Å². The summed E-state index contributed by atoms with van der Waals surface area (Å²) in [5, 5.41) is 9.92. The maximum absolute atomic E-state index is 5.21. The summed E-state index contributed by atoms with van der Waals surface area (Å²) < 4.78 is 7.11. The Morgan fingerprint density at radius 3 is 2.50 bits per heavy atom. The molecule has 0 bridgehead atoms. The molecule has 2 aromatic heterocycles. The normalized spacial score (nSPS) is 11.2. The van der Waals surface area contributed by atoms with E-state index in [-0.39, 0.29) is 0 Å². The number of aromatic nitrogens is 3. The standard InChI is InChI=1S/C18H15N3O/c1-12-11-17-18(13-7-9-14(22-2)10-8-13)19-20-21(17)16-6-4-3-5-15(12)16/h3-11H,1-2H3. The molecule has 0 aliphatic heterocycles. The van der Waals surface area contributed by atoms with Crippen molar-refractivity contribution in [1.29, 1.82) is 0 Å². The van der Waals surface area contributed by atoms with E-state index in [2.05, 4.69) is 35.4 Å². The molecule has 0 atom stereocenters. The molecular weight excluding hydrogens is 274 g/mol. The smallest absolute Gasteiger partial charge is 0.120 e. The summed E-state index contributed by atoms with van der Waals surface area (Å²) in [6.45, 7) is 2.12. The highest BCUT2D eigenvalue weighted by atomic mass is 16.5. The molecule has 0 aliphatic rings. The lowest BCUT2D eigenvalue weighted by Crippen LogP contribution is -1.92. The number of para-hydroxylation sites is 1. The number of rotatable bonds is 2. The van der Waals surface area contributed by atoms with Gasteiger partial charge in [0, 0.05) is 10.9 Å². The number of methoxy groups -OCH3 is 1. The maximum atomic E-state index is 5.21. The van der Waals surface area contributed by atoms with Gasteiger partial charge < -0.3 is 4.74 Å². The van der Waals surface area contributed by atoms with Crippen LogP contribution in [0.5, 0.6) is 5.75 Å². The van der Waals surface area contributed by atoms with Crippen molar-refractivity contribution < 1.29 is 4.74 Å². The SMILES string of the molecule is COc1ccc(-c2nnn3c2cc(C)c2ccccc23)cc1. The summed E-state index contributed by atoms with van der Waals surface area (Å²) in [6.07, 6.45) is 0. The number of fused-ring (bicyclic) bond motifs is 3. The van der Waals surface area contributed by atoms with Gasteiger partial charge in [0.2, 0.25) is 0 Å². The van der Waals surface area contributed by atoms with Crippen LogP contribution in [0.1, 0.15) is 5.56 Å². The van der Waals surface area contributed by atoms with Gasteiger partial charge in [0.05, 0.1) is 18.1 Å². The highest BCUT2D eigenvalue weighted by Gasteiger charge is 2.12. The van der Waals surface area contributed by atoms with Gasteiger partial charge in [-0.15, -0.1) is 5.10 Å². The minimum atomic E-state index is 0.835. The summed E-state index contributed by atoms with van der Waals surface area (Å²) in [5.74, 6) is 0.835. The van der Waals surface area contributed by atoms with Gasteiger partial charge in [-0.2, -0.15) is 0 Å². The molecule has 22 heavy (non-hydrogen) atoms. The van der Waals surface area contributed by atoms with Crippen LogP contribution in [-0.4, -0.2) is 21.9 Å². The monoisotopic (exact) mass is 289 g/mol. The Hall–Kier alpha value is -2.88. The molecule has 0 fully saturated rings. The van der Waals surface area contributed by atoms with Crippen LogP contribution in [0.25, 0.3) is 27.7 Å². The molecule has 0 unspecified atom stereocenters. The molecule has 2 aromatic carbocycles. The number of hydrogen-bond acceptors (Lipinski definition) is 3. The summed E-state index contributed by atoms with van der Waals surface area (Å²) in [7, 11) is 1.66. The molecule has 4 nitrogen and oxygen atoms in total. The molecule has 0 radical (unpaired) electrons. The van der Waals surface area contributed by atoms with Crippen molar-refractivity contribution in [3.05, 3.63) is 60.2 Å². The quantitative estimate of drug-likeness (QED) is 0.562. The summed E-state index contributed by atoms with van der Waals surface area (Å²) >= 11 is 0. The number of nitrogens with zero attached hydrogens (tertiary/aromatic N) is 3. The van der Waals surface area contributed by atoms with Crippen LogP contribution in [0.2, 0.25) is 0 Å². The minimum Gasteiger partial charge on any atom is -0.497 e. The van der Waals surface area contributed by atoms with Crippen molar-refractivity contribution in [3.8, 4) is 17.0 Å². The van der Waals surface area contributed by atoms with E-state index in [0.717, 1.165) is 28.0 Å². The van der Waals surface area contributed by atoms with Crippen molar-refractivity contribution in [3.63, 3.8) is 0 Å². The van der Waals surface area contributed by atoms with Crippen molar-refractivity contribution in [1.82, 2.24) is 14.8 Å². The molecule has 0 aliphatic carbocycles. The topological polar surface area (TPSA) is 39.4 Å². The number of benzene rings is 2.